The van der Waals surface area contributed by atoms with E-state index < -0.39 is 5.63 Å². The van der Waals surface area contributed by atoms with Crippen LogP contribution in [0.5, 0.6) is 0 Å². The summed E-state index contributed by atoms with van der Waals surface area (Å²) >= 11 is 0. The van der Waals surface area contributed by atoms with Crippen molar-refractivity contribution in [2.24, 2.45) is 0 Å². The van der Waals surface area contributed by atoms with E-state index in [0.717, 1.165) is 35.1 Å². The maximum Gasteiger partial charge on any atom is 0.349 e. The van der Waals surface area contributed by atoms with Gasteiger partial charge in [0.2, 0.25) is 5.89 Å². The molecule has 5 aromatic rings. The lowest BCUT2D eigenvalue weighted by molar-refractivity contribution is 0.547. The summed E-state index contributed by atoms with van der Waals surface area (Å²) in [5.74, 6) is 0.413. The molecule has 154 valence electrons. The summed E-state index contributed by atoms with van der Waals surface area (Å²) < 4.78 is 11.4. The van der Waals surface area contributed by atoms with Crippen molar-refractivity contribution in [3.05, 3.63) is 71.2 Å². The summed E-state index contributed by atoms with van der Waals surface area (Å²) in [6.07, 6.45) is 1.68. The van der Waals surface area contributed by atoms with Gasteiger partial charge in [0.05, 0.1) is 11.1 Å². The number of fused-ring (bicyclic) bond motifs is 2. The Kier molecular flexibility index (Phi) is 4.71. The van der Waals surface area contributed by atoms with Crippen LogP contribution in [0.25, 0.3) is 44.8 Å². The summed E-state index contributed by atoms with van der Waals surface area (Å²) in [6.45, 7) is 5.92. The molecule has 5 rings (SSSR count). The number of anilines is 1. The van der Waals surface area contributed by atoms with Gasteiger partial charge in [0.15, 0.2) is 0 Å². The van der Waals surface area contributed by atoms with Gasteiger partial charge in [-0.3, -0.25) is 4.98 Å². The highest BCUT2D eigenvalue weighted by Crippen LogP contribution is 2.27. The highest BCUT2D eigenvalue weighted by molar-refractivity contribution is 5.84. The molecular weight excluding hydrogens is 392 g/mol. The van der Waals surface area contributed by atoms with Crippen molar-refractivity contribution in [1.29, 1.82) is 0 Å². The summed E-state index contributed by atoms with van der Waals surface area (Å²) in [7, 11) is 0. The van der Waals surface area contributed by atoms with Crippen LogP contribution < -0.4 is 10.5 Å². The molecule has 0 saturated heterocycles. The Hall–Kier alpha value is -4.00. The minimum Gasteiger partial charge on any atom is -0.422 e. The molecule has 0 amide bonds. The second kappa shape index (κ2) is 7.68. The zero-order valence-electron chi connectivity index (χ0n) is 17.2. The number of hydrogen-bond donors (Lipinski definition) is 0. The van der Waals surface area contributed by atoms with Crippen LogP contribution >= 0.6 is 0 Å². The van der Waals surface area contributed by atoms with Crippen LogP contribution in [0.3, 0.4) is 0 Å². The molecule has 0 bridgehead atoms. The molecule has 2 aromatic carbocycles. The molecule has 0 aliphatic rings. The van der Waals surface area contributed by atoms with Crippen molar-refractivity contribution in [1.82, 2.24) is 15.2 Å². The van der Waals surface area contributed by atoms with E-state index in [1.165, 1.54) is 0 Å². The number of para-hydroxylation sites is 1. The number of rotatable bonds is 5. The molecule has 0 atom stereocenters. The van der Waals surface area contributed by atoms with E-state index in [4.69, 9.17) is 8.83 Å². The molecule has 0 aliphatic heterocycles. The summed E-state index contributed by atoms with van der Waals surface area (Å²) in [5.41, 5.74) is 2.82. The standard InChI is InChI=1S/C24H20N4O3/c1-3-28(4-2)18-10-9-16-12-19(24(29)30-21(16)13-18)23-27-26-22(31-23)17-11-15-7-5-6-8-20(15)25-14-17/h5-14H,3-4H2,1-2H3. The highest BCUT2D eigenvalue weighted by Gasteiger charge is 2.17. The third kappa shape index (κ3) is 3.44. The Labute approximate surface area is 178 Å². The van der Waals surface area contributed by atoms with Gasteiger partial charge in [-0.2, -0.15) is 0 Å². The SMILES string of the molecule is CCN(CC)c1ccc2cc(-c3nnc(-c4cnc5ccccc5c4)o3)c(=O)oc2c1. The summed E-state index contributed by atoms with van der Waals surface area (Å²) in [6, 6.07) is 17.3. The lowest BCUT2D eigenvalue weighted by Gasteiger charge is -2.20. The van der Waals surface area contributed by atoms with Gasteiger partial charge in [-0.05, 0) is 44.2 Å². The first-order chi connectivity index (χ1) is 15.2. The summed E-state index contributed by atoms with van der Waals surface area (Å²) in [5, 5.41) is 9.93. The van der Waals surface area contributed by atoms with Gasteiger partial charge in [0.1, 0.15) is 11.1 Å². The average Bonchev–Trinajstić information content (AvgIpc) is 3.29. The van der Waals surface area contributed by atoms with Crippen LogP contribution in [0.2, 0.25) is 0 Å². The van der Waals surface area contributed by atoms with E-state index in [9.17, 15) is 4.79 Å². The molecule has 0 radical (unpaired) electrons. The first-order valence-electron chi connectivity index (χ1n) is 10.2. The third-order valence-electron chi connectivity index (χ3n) is 5.34. The Morgan fingerprint density at radius 2 is 1.68 bits per heavy atom. The third-order valence-corrected chi connectivity index (χ3v) is 5.34. The Balaban J connectivity index is 1.53. The Morgan fingerprint density at radius 3 is 2.52 bits per heavy atom. The fourth-order valence-corrected chi connectivity index (χ4v) is 3.67. The van der Waals surface area contributed by atoms with Gasteiger partial charge in [0, 0.05) is 41.8 Å². The highest BCUT2D eigenvalue weighted by atomic mass is 16.4. The number of pyridine rings is 1. The smallest absolute Gasteiger partial charge is 0.349 e. The molecule has 7 heteroatoms. The van der Waals surface area contributed by atoms with Gasteiger partial charge in [0.25, 0.3) is 5.89 Å². The second-order valence-corrected chi connectivity index (χ2v) is 7.17. The first-order valence-corrected chi connectivity index (χ1v) is 10.2. The van der Waals surface area contributed by atoms with E-state index in [0.29, 0.717) is 17.0 Å². The molecule has 0 spiro atoms. The van der Waals surface area contributed by atoms with Crippen molar-refractivity contribution >= 4 is 27.6 Å². The molecule has 0 N–H and O–H groups in total. The normalized spacial score (nSPS) is 11.3. The van der Waals surface area contributed by atoms with Gasteiger partial charge in [-0.15, -0.1) is 10.2 Å². The monoisotopic (exact) mass is 412 g/mol. The fourth-order valence-electron chi connectivity index (χ4n) is 3.67. The molecule has 0 unspecified atom stereocenters. The number of nitrogens with zero attached hydrogens (tertiary/aromatic N) is 4. The van der Waals surface area contributed by atoms with Crippen molar-refractivity contribution in [3.63, 3.8) is 0 Å². The van der Waals surface area contributed by atoms with Crippen molar-refractivity contribution in [2.45, 2.75) is 13.8 Å². The maximum atomic E-state index is 12.7. The predicted octanol–water partition coefficient (Wildman–Crippen LogP) is 4.90. The zero-order valence-corrected chi connectivity index (χ0v) is 17.2. The van der Waals surface area contributed by atoms with Gasteiger partial charge in [-0.25, -0.2) is 4.79 Å². The van der Waals surface area contributed by atoms with E-state index in [-0.39, 0.29) is 11.5 Å². The molecule has 0 saturated carbocycles. The molecule has 31 heavy (non-hydrogen) atoms. The number of aromatic nitrogens is 3. The minimum absolute atomic E-state index is 0.117. The number of hydrogen-bond acceptors (Lipinski definition) is 7. The lowest BCUT2D eigenvalue weighted by atomic mass is 10.1. The van der Waals surface area contributed by atoms with E-state index in [1.807, 2.05) is 48.5 Å². The lowest BCUT2D eigenvalue weighted by Crippen LogP contribution is -2.21. The largest absolute Gasteiger partial charge is 0.422 e. The molecule has 0 aliphatic carbocycles. The minimum atomic E-state index is -0.518. The second-order valence-electron chi connectivity index (χ2n) is 7.17. The fraction of sp³-hybridized carbons (Fsp3) is 0.167. The van der Waals surface area contributed by atoms with Crippen LogP contribution in [0.1, 0.15) is 13.8 Å². The predicted molar refractivity (Wildman–Crippen MR) is 120 cm³/mol. The van der Waals surface area contributed by atoms with Gasteiger partial charge in [-0.1, -0.05) is 18.2 Å². The van der Waals surface area contributed by atoms with Crippen molar-refractivity contribution < 1.29 is 8.83 Å². The summed E-state index contributed by atoms with van der Waals surface area (Å²) in [4.78, 5) is 19.3. The molecular formula is C24H20N4O3. The zero-order chi connectivity index (χ0) is 21.4. The molecule has 3 aromatic heterocycles. The van der Waals surface area contributed by atoms with Crippen molar-refractivity contribution in [2.75, 3.05) is 18.0 Å². The maximum absolute atomic E-state index is 12.7. The molecule has 3 heterocycles. The van der Waals surface area contributed by atoms with Crippen LogP contribution in [-0.4, -0.2) is 28.3 Å². The average molecular weight is 412 g/mol. The van der Waals surface area contributed by atoms with Crippen LogP contribution in [0.4, 0.5) is 5.69 Å². The van der Waals surface area contributed by atoms with E-state index in [1.54, 1.807) is 12.3 Å². The van der Waals surface area contributed by atoms with Crippen LogP contribution in [0, 0.1) is 0 Å². The first kappa shape index (κ1) is 19.0. The van der Waals surface area contributed by atoms with Crippen LogP contribution in [-0.2, 0) is 0 Å². The molecule has 7 nitrogen and oxygen atoms in total. The quantitative estimate of drug-likeness (QED) is 0.379. The van der Waals surface area contributed by atoms with Gasteiger partial charge < -0.3 is 13.7 Å². The molecule has 0 fully saturated rings. The number of benzene rings is 2. The topological polar surface area (TPSA) is 85.3 Å². The van der Waals surface area contributed by atoms with Crippen LogP contribution in [0.15, 0.2) is 74.4 Å². The Bertz CT molecular complexity index is 1450. The van der Waals surface area contributed by atoms with E-state index >= 15 is 0 Å². The Morgan fingerprint density at radius 1 is 0.871 bits per heavy atom. The van der Waals surface area contributed by atoms with Gasteiger partial charge >= 0.3 is 5.63 Å². The van der Waals surface area contributed by atoms with Crippen molar-refractivity contribution in [3.8, 4) is 22.9 Å². The van der Waals surface area contributed by atoms with E-state index in [2.05, 4.69) is 33.9 Å².